The second-order valence-corrected chi connectivity index (χ2v) is 7.96. The summed E-state index contributed by atoms with van der Waals surface area (Å²) in [6.45, 7) is 1.71. The first-order chi connectivity index (χ1) is 14.7. The van der Waals surface area contributed by atoms with Crippen molar-refractivity contribution in [2.45, 2.75) is 62.6 Å². The molecule has 1 saturated carbocycles. The van der Waals surface area contributed by atoms with Crippen LogP contribution in [0.2, 0.25) is 0 Å². The van der Waals surface area contributed by atoms with E-state index in [0.29, 0.717) is 12.8 Å². The molecule has 0 spiro atoms. The molecule has 3 aliphatic rings. The van der Waals surface area contributed by atoms with E-state index in [4.69, 9.17) is 14.6 Å². The van der Waals surface area contributed by atoms with Gasteiger partial charge in [0.25, 0.3) is 0 Å². The molecule has 2 heterocycles. The van der Waals surface area contributed by atoms with Crippen LogP contribution < -0.4 is 0 Å². The lowest BCUT2D eigenvalue weighted by Crippen LogP contribution is -2.64. The Bertz CT molecular complexity index is 868. The largest absolute Gasteiger partial charge is 0.486 e. The van der Waals surface area contributed by atoms with Gasteiger partial charge in [0, 0.05) is 12.5 Å². The molecular weight excluding hydrogens is 408 g/mol. The van der Waals surface area contributed by atoms with Gasteiger partial charge in [0.2, 0.25) is 0 Å². The predicted molar refractivity (Wildman–Crippen MR) is 106 cm³/mol. The number of carboxylic acids is 1. The first-order valence-corrected chi connectivity index (χ1v) is 10.1. The molecule has 1 saturated heterocycles. The third-order valence-electron chi connectivity index (χ3n) is 5.81. The van der Waals surface area contributed by atoms with Crippen molar-refractivity contribution in [3.8, 4) is 0 Å². The van der Waals surface area contributed by atoms with Crippen LogP contribution in [0.4, 0.5) is 0 Å². The van der Waals surface area contributed by atoms with E-state index in [2.05, 4.69) is 0 Å². The summed E-state index contributed by atoms with van der Waals surface area (Å²) in [5.74, 6) is -3.91. The molecule has 31 heavy (non-hydrogen) atoms. The van der Waals surface area contributed by atoms with Crippen LogP contribution in [0.25, 0.3) is 0 Å². The van der Waals surface area contributed by atoms with Crippen molar-refractivity contribution in [1.82, 2.24) is 0 Å². The van der Waals surface area contributed by atoms with Crippen LogP contribution >= 0.6 is 0 Å². The van der Waals surface area contributed by atoms with Crippen LogP contribution in [0.5, 0.6) is 0 Å². The van der Waals surface area contributed by atoms with Crippen molar-refractivity contribution in [1.29, 1.82) is 0 Å². The summed E-state index contributed by atoms with van der Waals surface area (Å²) in [6, 6.07) is 0. The summed E-state index contributed by atoms with van der Waals surface area (Å²) in [4.78, 5) is 36.2. The lowest BCUT2D eigenvalue weighted by molar-refractivity contribution is -0.188. The van der Waals surface area contributed by atoms with Crippen molar-refractivity contribution in [3.63, 3.8) is 0 Å². The third kappa shape index (κ3) is 4.48. The van der Waals surface area contributed by atoms with Gasteiger partial charge in [-0.15, -0.1) is 0 Å². The first kappa shape index (κ1) is 22.9. The molecule has 0 bridgehead atoms. The average molecular weight is 434 g/mol. The standard InChI is InChI=1S/C22H26O9/c1-12-7-6-9-15(24)22(29)16(25)11-13(23)20-19(22)18(21(28)30-12)14(31-20)8-4-2-3-5-10-17(26)27/h2-5,8,10,12-13,15,19-20,23-24,29H,6-7,9,11H2,1H3,(H,26,27). The Morgan fingerprint density at radius 3 is 2.52 bits per heavy atom. The summed E-state index contributed by atoms with van der Waals surface area (Å²) < 4.78 is 11.2. The van der Waals surface area contributed by atoms with E-state index in [9.17, 15) is 29.7 Å². The summed E-state index contributed by atoms with van der Waals surface area (Å²) in [5, 5.41) is 41.0. The minimum absolute atomic E-state index is 0.0130. The SMILES string of the molecule is CC1CCCC(O)C2(O)C(=O)CC(O)C3OC(C=CC=CC=CC(=O)O)=C(C(=O)O1)C32. The molecule has 0 aromatic rings. The summed E-state index contributed by atoms with van der Waals surface area (Å²) in [7, 11) is 0. The number of esters is 1. The first-order valence-electron chi connectivity index (χ1n) is 10.1. The molecule has 6 unspecified atom stereocenters. The monoisotopic (exact) mass is 434 g/mol. The number of aliphatic hydroxyl groups excluding tert-OH is 2. The molecule has 6 atom stereocenters. The Kier molecular flexibility index (Phi) is 6.78. The van der Waals surface area contributed by atoms with E-state index in [1.54, 1.807) is 6.92 Å². The number of carboxylic acid groups (broad SMARTS) is 1. The minimum atomic E-state index is -2.28. The number of rotatable bonds is 4. The summed E-state index contributed by atoms with van der Waals surface area (Å²) in [5.41, 5.74) is -2.40. The van der Waals surface area contributed by atoms with Crippen molar-refractivity contribution in [2.75, 3.05) is 0 Å². The average Bonchev–Trinajstić information content (AvgIpc) is 3.08. The molecule has 0 aromatic carbocycles. The van der Waals surface area contributed by atoms with Crippen LogP contribution in [0.3, 0.4) is 0 Å². The highest BCUT2D eigenvalue weighted by atomic mass is 16.6. The second-order valence-electron chi connectivity index (χ2n) is 7.96. The van der Waals surface area contributed by atoms with Gasteiger partial charge in [-0.05, 0) is 32.3 Å². The molecule has 9 nitrogen and oxygen atoms in total. The predicted octanol–water partition coefficient (Wildman–Crippen LogP) is 0.550. The normalized spacial score (nSPS) is 36.7. The molecule has 2 fully saturated rings. The number of ketones is 1. The molecule has 0 radical (unpaired) electrons. The highest BCUT2D eigenvalue weighted by molar-refractivity contribution is 5.97. The van der Waals surface area contributed by atoms with Crippen LogP contribution in [0.1, 0.15) is 32.6 Å². The van der Waals surface area contributed by atoms with Gasteiger partial charge in [-0.2, -0.15) is 0 Å². The van der Waals surface area contributed by atoms with Crippen LogP contribution in [0, 0.1) is 5.92 Å². The van der Waals surface area contributed by atoms with E-state index in [1.165, 1.54) is 30.4 Å². The molecule has 9 heteroatoms. The smallest absolute Gasteiger partial charge is 0.338 e. The van der Waals surface area contributed by atoms with Crippen LogP contribution in [-0.2, 0) is 23.9 Å². The fourth-order valence-corrected chi connectivity index (χ4v) is 4.29. The number of aliphatic hydroxyl groups is 3. The fourth-order valence-electron chi connectivity index (χ4n) is 4.29. The second kappa shape index (κ2) is 9.17. The molecule has 2 aliphatic heterocycles. The van der Waals surface area contributed by atoms with Gasteiger partial charge in [0.05, 0.1) is 29.8 Å². The maximum atomic E-state index is 13.0. The van der Waals surface area contributed by atoms with Gasteiger partial charge in [0.15, 0.2) is 11.4 Å². The number of carbonyl (C=O) groups excluding carboxylic acids is 2. The maximum Gasteiger partial charge on any atom is 0.338 e. The quantitative estimate of drug-likeness (QED) is 0.282. The van der Waals surface area contributed by atoms with E-state index in [1.807, 2.05) is 0 Å². The number of Topliss-reactive ketones (excluding diaryl/α,β-unsaturated/α-hetero) is 1. The van der Waals surface area contributed by atoms with E-state index >= 15 is 0 Å². The van der Waals surface area contributed by atoms with Crippen LogP contribution in [-0.4, -0.2) is 68.2 Å². The Hall–Kier alpha value is -2.75. The van der Waals surface area contributed by atoms with Crippen molar-refractivity contribution >= 4 is 17.7 Å². The Morgan fingerprint density at radius 1 is 1.10 bits per heavy atom. The minimum Gasteiger partial charge on any atom is -0.486 e. The van der Waals surface area contributed by atoms with Gasteiger partial charge >= 0.3 is 11.9 Å². The summed E-state index contributed by atoms with van der Waals surface area (Å²) in [6.07, 6.45) is 4.41. The van der Waals surface area contributed by atoms with Gasteiger partial charge in [-0.3, -0.25) is 4.79 Å². The molecule has 0 amide bonds. The third-order valence-corrected chi connectivity index (χ3v) is 5.81. The van der Waals surface area contributed by atoms with E-state index < -0.39 is 60.1 Å². The lowest BCUT2D eigenvalue weighted by Gasteiger charge is -2.44. The zero-order valence-electron chi connectivity index (χ0n) is 17.0. The Balaban J connectivity index is 2.03. The van der Waals surface area contributed by atoms with Crippen LogP contribution in [0.15, 0.2) is 47.8 Å². The van der Waals surface area contributed by atoms with Gasteiger partial charge in [-0.1, -0.05) is 24.3 Å². The van der Waals surface area contributed by atoms with Crippen molar-refractivity contribution in [2.24, 2.45) is 5.92 Å². The fraction of sp³-hybridized carbons (Fsp3) is 0.500. The highest BCUT2D eigenvalue weighted by Crippen LogP contribution is 2.48. The number of hydrogen-bond donors (Lipinski definition) is 4. The molecular formula is C22H26O9. The molecule has 1 aliphatic carbocycles. The van der Waals surface area contributed by atoms with Gasteiger partial charge in [-0.25, -0.2) is 9.59 Å². The van der Waals surface area contributed by atoms with E-state index in [-0.39, 0.29) is 17.8 Å². The van der Waals surface area contributed by atoms with Gasteiger partial charge in [0.1, 0.15) is 11.9 Å². The number of aliphatic carboxylic acids is 1. The molecule has 4 N–H and O–H groups in total. The summed E-state index contributed by atoms with van der Waals surface area (Å²) >= 11 is 0. The molecule has 168 valence electrons. The number of carbonyl (C=O) groups is 3. The number of hydrogen-bond acceptors (Lipinski definition) is 8. The zero-order valence-corrected chi connectivity index (χ0v) is 17.0. The molecule has 0 aromatic heterocycles. The number of ether oxygens (including phenoxy) is 2. The Labute approximate surface area is 179 Å². The van der Waals surface area contributed by atoms with Crippen molar-refractivity contribution < 1.29 is 44.3 Å². The van der Waals surface area contributed by atoms with Crippen molar-refractivity contribution in [3.05, 3.63) is 47.8 Å². The lowest BCUT2D eigenvalue weighted by atomic mass is 9.65. The number of cyclic esters (lactones) is 1. The van der Waals surface area contributed by atoms with E-state index in [0.717, 1.165) is 6.08 Å². The topological polar surface area (TPSA) is 151 Å². The zero-order chi connectivity index (χ0) is 22.8. The maximum absolute atomic E-state index is 13.0. The highest BCUT2D eigenvalue weighted by Gasteiger charge is 2.64. The molecule has 3 rings (SSSR count). The number of allylic oxidation sites excluding steroid dienone is 5. The van der Waals surface area contributed by atoms with Gasteiger partial charge < -0.3 is 29.9 Å². The Morgan fingerprint density at radius 2 is 1.81 bits per heavy atom.